The van der Waals surface area contributed by atoms with Crippen molar-refractivity contribution in [2.24, 2.45) is 11.8 Å². The third-order valence-electron chi connectivity index (χ3n) is 4.64. The van der Waals surface area contributed by atoms with E-state index in [4.69, 9.17) is 4.74 Å². The summed E-state index contributed by atoms with van der Waals surface area (Å²) in [6, 6.07) is 8.64. The first-order valence-corrected chi connectivity index (χ1v) is 9.37. The van der Waals surface area contributed by atoms with Crippen molar-refractivity contribution in [3.8, 4) is 0 Å². The van der Waals surface area contributed by atoms with Crippen LogP contribution in [-0.2, 0) is 14.8 Å². The molecule has 2 aliphatic rings. The van der Waals surface area contributed by atoms with Crippen LogP contribution in [0.25, 0.3) is 0 Å². The van der Waals surface area contributed by atoms with E-state index < -0.39 is 10.0 Å². The minimum Gasteiger partial charge on any atom is -0.383 e. The van der Waals surface area contributed by atoms with Crippen LogP contribution in [0, 0.1) is 11.8 Å². The summed E-state index contributed by atoms with van der Waals surface area (Å²) in [4.78, 5) is 2.66. The Hall–Kier alpha value is -0.950. The molecule has 1 saturated carbocycles. The summed E-state index contributed by atoms with van der Waals surface area (Å²) < 4.78 is 33.2. The number of hydrogen-bond acceptors (Lipinski definition) is 4. The summed E-state index contributed by atoms with van der Waals surface area (Å²) in [6.07, 6.45) is 2.46. The van der Waals surface area contributed by atoms with E-state index in [1.165, 1.54) is 12.8 Å². The summed E-state index contributed by atoms with van der Waals surface area (Å²) in [5, 5.41) is 0. The number of rotatable bonds is 7. The van der Waals surface area contributed by atoms with Gasteiger partial charge >= 0.3 is 0 Å². The van der Waals surface area contributed by atoms with Gasteiger partial charge in [0, 0.05) is 32.8 Å². The number of methoxy groups -OCH3 is 1. The molecule has 122 valence electrons. The zero-order valence-electron chi connectivity index (χ0n) is 12.9. The van der Waals surface area contributed by atoms with Crippen LogP contribution in [0.2, 0.25) is 0 Å². The summed E-state index contributed by atoms with van der Waals surface area (Å²) in [5.41, 5.74) is 0. The van der Waals surface area contributed by atoms with Gasteiger partial charge in [0.1, 0.15) is 0 Å². The van der Waals surface area contributed by atoms with E-state index in [0.29, 0.717) is 23.3 Å². The van der Waals surface area contributed by atoms with E-state index in [9.17, 15) is 8.42 Å². The van der Waals surface area contributed by atoms with Crippen molar-refractivity contribution in [2.45, 2.75) is 23.8 Å². The van der Waals surface area contributed by atoms with Crippen molar-refractivity contribution >= 4 is 10.0 Å². The van der Waals surface area contributed by atoms with Crippen LogP contribution in [-0.4, -0.2) is 52.7 Å². The lowest BCUT2D eigenvalue weighted by atomic mass is 9.99. The smallest absolute Gasteiger partial charge is 0.240 e. The van der Waals surface area contributed by atoms with Crippen LogP contribution in [0.15, 0.2) is 35.2 Å². The second kappa shape index (κ2) is 6.66. The Morgan fingerprint density at radius 1 is 1.23 bits per heavy atom. The van der Waals surface area contributed by atoms with Crippen LogP contribution >= 0.6 is 0 Å². The van der Waals surface area contributed by atoms with Crippen molar-refractivity contribution in [3.63, 3.8) is 0 Å². The maximum absolute atomic E-state index is 12.5. The molecule has 0 spiro atoms. The van der Waals surface area contributed by atoms with E-state index in [-0.39, 0.29) is 6.04 Å². The second-order valence-electron chi connectivity index (χ2n) is 6.29. The van der Waals surface area contributed by atoms with Gasteiger partial charge in [-0.3, -0.25) is 4.90 Å². The van der Waals surface area contributed by atoms with Gasteiger partial charge in [-0.2, -0.15) is 0 Å². The molecule has 1 aromatic carbocycles. The molecule has 2 atom stereocenters. The maximum atomic E-state index is 12.5. The lowest BCUT2D eigenvalue weighted by Gasteiger charge is -2.19. The number of nitrogens with one attached hydrogen (secondary N) is 1. The van der Waals surface area contributed by atoms with Crippen LogP contribution in [0.3, 0.4) is 0 Å². The fourth-order valence-electron chi connectivity index (χ4n) is 3.31. The SMILES string of the molecule is COCCN1C[C@H](NS(=O)(=O)c2ccccc2)[C@@H](C2CC2)C1. The Morgan fingerprint density at radius 3 is 2.59 bits per heavy atom. The highest BCUT2D eigenvalue weighted by molar-refractivity contribution is 7.89. The Morgan fingerprint density at radius 2 is 1.95 bits per heavy atom. The van der Waals surface area contributed by atoms with Gasteiger partial charge in [-0.15, -0.1) is 0 Å². The molecule has 5 nitrogen and oxygen atoms in total. The molecule has 0 aromatic heterocycles. The Labute approximate surface area is 132 Å². The molecule has 0 bridgehead atoms. The molecular weight excluding hydrogens is 300 g/mol. The number of benzene rings is 1. The molecular formula is C16H24N2O3S. The molecule has 3 rings (SSSR count). The quantitative estimate of drug-likeness (QED) is 0.822. The molecule has 1 saturated heterocycles. The Balaban J connectivity index is 1.69. The predicted molar refractivity (Wildman–Crippen MR) is 85.1 cm³/mol. The van der Waals surface area contributed by atoms with Crippen molar-refractivity contribution in [1.29, 1.82) is 0 Å². The van der Waals surface area contributed by atoms with Crippen molar-refractivity contribution in [3.05, 3.63) is 30.3 Å². The van der Waals surface area contributed by atoms with Gasteiger partial charge in [0.15, 0.2) is 0 Å². The summed E-state index contributed by atoms with van der Waals surface area (Å²) >= 11 is 0. The monoisotopic (exact) mass is 324 g/mol. The maximum Gasteiger partial charge on any atom is 0.240 e. The molecule has 1 aromatic rings. The second-order valence-corrected chi connectivity index (χ2v) is 8.01. The van der Waals surface area contributed by atoms with Gasteiger partial charge in [-0.25, -0.2) is 13.1 Å². The van der Waals surface area contributed by atoms with Crippen LogP contribution < -0.4 is 4.72 Å². The number of ether oxygens (including phenoxy) is 1. The highest BCUT2D eigenvalue weighted by Gasteiger charge is 2.43. The van der Waals surface area contributed by atoms with Gasteiger partial charge in [0.25, 0.3) is 0 Å². The summed E-state index contributed by atoms with van der Waals surface area (Å²) in [6.45, 7) is 3.30. The van der Waals surface area contributed by atoms with Gasteiger partial charge < -0.3 is 4.74 Å². The van der Waals surface area contributed by atoms with E-state index >= 15 is 0 Å². The number of sulfonamides is 1. The van der Waals surface area contributed by atoms with Crippen molar-refractivity contribution in [1.82, 2.24) is 9.62 Å². The van der Waals surface area contributed by atoms with Gasteiger partial charge in [0.05, 0.1) is 11.5 Å². The van der Waals surface area contributed by atoms with E-state index in [2.05, 4.69) is 9.62 Å². The molecule has 1 aliphatic carbocycles. The zero-order valence-corrected chi connectivity index (χ0v) is 13.8. The number of hydrogen-bond donors (Lipinski definition) is 1. The first kappa shape index (κ1) is 15.9. The Bertz CT molecular complexity index is 587. The van der Waals surface area contributed by atoms with Gasteiger partial charge in [-0.1, -0.05) is 18.2 Å². The first-order valence-electron chi connectivity index (χ1n) is 7.89. The minimum absolute atomic E-state index is 0.00885. The first-order chi connectivity index (χ1) is 10.6. The molecule has 22 heavy (non-hydrogen) atoms. The van der Waals surface area contributed by atoms with E-state index in [1.54, 1.807) is 31.4 Å². The minimum atomic E-state index is -3.43. The number of likely N-dealkylation sites (tertiary alicyclic amines) is 1. The zero-order chi connectivity index (χ0) is 15.6. The standard InChI is InChI=1S/C16H24N2O3S/c1-21-10-9-18-11-15(13-7-8-13)16(12-18)17-22(19,20)14-5-3-2-4-6-14/h2-6,13,15-17H,7-12H2,1H3/t15-,16+/m1/s1. The fraction of sp³-hybridized carbons (Fsp3) is 0.625. The number of nitrogens with zero attached hydrogens (tertiary/aromatic N) is 1. The molecule has 1 heterocycles. The Kier molecular flexibility index (Phi) is 4.82. The van der Waals surface area contributed by atoms with Crippen molar-refractivity contribution < 1.29 is 13.2 Å². The van der Waals surface area contributed by atoms with Crippen LogP contribution in [0.5, 0.6) is 0 Å². The fourth-order valence-corrected chi connectivity index (χ4v) is 4.61. The molecule has 0 radical (unpaired) electrons. The average Bonchev–Trinajstić information content (AvgIpc) is 3.28. The average molecular weight is 324 g/mol. The highest BCUT2D eigenvalue weighted by atomic mass is 32.2. The molecule has 0 amide bonds. The molecule has 1 aliphatic heterocycles. The largest absolute Gasteiger partial charge is 0.383 e. The predicted octanol–water partition coefficient (Wildman–Crippen LogP) is 1.32. The third-order valence-corrected chi connectivity index (χ3v) is 6.15. The van der Waals surface area contributed by atoms with Crippen LogP contribution in [0.4, 0.5) is 0 Å². The normalized spacial score (nSPS) is 26.4. The third kappa shape index (κ3) is 3.68. The summed E-state index contributed by atoms with van der Waals surface area (Å²) in [5.74, 6) is 1.10. The lowest BCUT2D eigenvalue weighted by Crippen LogP contribution is -2.41. The molecule has 1 N–H and O–H groups in total. The van der Waals surface area contributed by atoms with Crippen LogP contribution in [0.1, 0.15) is 12.8 Å². The topological polar surface area (TPSA) is 58.6 Å². The molecule has 0 unspecified atom stereocenters. The van der Waals surface area contributed by atoms with Gasteiger partial charge in [0.2, 0.25) is 10.0 Å². The van der Waals surface area contributed by atoms with E-state index in [0.717, 1.165) is 19.6 Å². The highest BCUT2D eigenvalue weighted by Crippen LogP contribution is 2.41. The molecule has 2 fully saturated rings. The summed E-state index contributed by atoms with van der Waals surface area (Å²) in [7, 11) is -1.74. The lowest BCUT2D eigenvalue weighted by molar-refractivity contribution is 0.158. The molecule has 6 heteroatoms. The van der Waals surface area contributed by atoms with E-state index in [1.807, 2.05) is 6.07 Å². The van der Waals surface area contributed by atoms with Gasteiger partial charge in [-0.05, 0) is 36.8 Å². The van der Waals surface area contributed by atoms with Crippen molar-refractivity contribution in [2.75, 3.05) is 33.4 Å².